The van der Waals surface area contributed by atoms with E-state index in [4.69, 9.17) is 4.42 Å². The van der Waals surface area contributed by atoms with Gasteiger partial charge in [0.25, 0.3) is 0 Å². The average molecular weight is 768 g/mol. The number of hydrogen-bond acceptors (Lipinski definition) is 2. The van der Waals surface area contributed by atoms with Gasteiger partial charge in [-0.2, -0.15) is 0 Å². The van der Waals surface area contributed by atoms with Crippen molar-refractivity contribution in [3.63, 3.8) is 0 Å². The van der Waals surface area contributed by atoms with Crippen molar-refractivity contribution < 1.29 is 4.42 Å². The highest BCUT2D eigenvalue weighted by atomic mass is 16.3. The lowest BCUT2D eigenvalue weighted by atomic mass is 9.67. The van der Waals surface area contributed by atoms with E-state index in [0.717, 1.165) is 39.0 Å². The van der Waals surface area contributed by atoms with Crippen molar-refractivity contribution >= 4 is 39.0 Å². The molecule has 0 radical (unpaired) electrons. The van der Waals surface area contributed by atoms with Crippen LogP contribution in [0.1, 0.15) is 47.2 Å². The number of rotatable bonds is 6. The molecule has 0 spiro atoms. The summed E-state index contributed by atoms with van der Waals surface area (Å²) in [5, 5.41) is 2.31. The van der Waals surface area contributed by atoms with Crippen molar-refractivity contribution in [2.75, 3.05) is 4.90 Å². The summed E-state index contributed by atoms with van der Waals surface area (Å²) < 4.78 is 6.74. The van der Waals surface area contributed by atoms with Crippen LogP contribution in [0.3, 0.4) is 0 Å². The second kappa shape index (κ2) is 13.0. The Balaban J connectivity index is 1.11. The standard InChI is InChI=1S/C58H41NO/c1-57(2)50-34-31-43(36-49(50)55-52(57)35-33-48-47-23-13-15-25-54(47)60-56(48)55)59(42-28-26-39(27-29-42)38-16-6-3-7-17-38)44-30-32-46-45-22-12-14-24-51(45)58(53(46)37-44,40-18-8-4-9-19-40)41-20-10-5-11-21-41/h3-37H,1-2H3. The van der Waals surface area contributed by atoms with Gasteiger partial charge in [-0.15, -0.1) is 0 Å². The van der Waals surface area contributed by atoms with Crippen molar-refractivity contribution in [2.45, 2.75) is 24.7 Å². The zero-order valence-corrected chi connectivity index (χ0v) is 33.6. The Labute approximate surface area is 350 Å². The summed E-state index contributed by atoms with van der Waals surface area (Å²) in [6.45, 7) is 4.69. The van der Waals surface area contributed by atoms with Gasteiger partial charge >= 0.3 is 0 Å². The summed E-state index contributed by atoms with van der Waals surface area (Å²) in [6.07, 6.45) is 0. The SMILES string of the molecule is CC1(C)c2ccc(N(c3ccc(-c4ccccc4)cc3)c3ccc4c(c3)C(c3ccccc3)(c3ccccc3)c3ccccc3-4)cc2-c2c1ccc1c2oc2ccccc21. The zero-order chi connectivity index (χ0) is 40.0. The van der Waals surface area contributed by atoms with E-state index in [9.17, 15) is 0 Å². The molecule has 0 amide bonds. The van der Waals surface area contributed by atoms with Crippen LogP contribution in [0.2, 0.25) is 0 Å². The van der Waals surface area contributed by atoms with Gasteiger partial charge in [0.05, 0.1) is 5.41 Å². The Hall–Kier alpha value is -7.42. The van der Waals surface area contributed by atoms with E-state index in [1.807, 2.05) is 0 Å². The number of hydrogen-bond donors (Lipinski definition) is 0. The third kappa shape index (κ3) is 4.88. The van der Waals surface area contributed by atoms with E-state index in [2.05, 4.69) is 231 Å². The number of furan rings is 1. The Morgan fingerprint density at radius 3 is 1.70 bits per heavy atom. The van der Waals surface area contributed by atoms with Crippen molar-refractivity contribution in [1.29, 1.82) is 0 Å². The summed E-state index contributed by atoms with van der Waals surface area (Å²) in [5.41, 5.74) is 19.5. The van der Waals surface area contributed by atoms with Gasteiger partial charge in [-0.25, -0.2) is 0 Å². The lowest BCUT2D eigenvalue weighted by Crippen LogP contribution is -2.28. The molecule has 2 nitrogen and oxygen atoms in total. The molecule has 1 heterocycles. The fraction of sp³-hybridized carbons (Fsp3) is 0.0690. The summed E-state index contributed by atoms with van der Waals surface area (Å²) >= 11 is 0. The molecule has 12 rings (SSSR count). The van der Waals surface area contributed by atoms with E-state index in [1.165, 1.54) is 66.8 Å². The third-order valence-electron chi connectivity index (χ3n) is 13.4. The molecular weight excluding hydrogens is 727 g/mol. The molecule has 284 valence electrons. The minimum absolute atomic E-state index is 0.192. The minimum Gasteiger partial charge on any atom is -0.455 e. The van der Waals surface area contributed by atoms with Crippen molar-refractivity contribution in [3.8, 4) is 33.4 Å². The van der Waals surface area contributed by atoms with Gasteiger partial charge in [-0.3, -0.25) is 0 Å². The number of para-hydroxylation sites is 1. The van der Waals surface area contributed by atoms with Gasteiger partial charge < -0.3 is 9.32 Å². The predicted molar refractivity (Wildman–Crippen MR) is 249 cm³/mol. The fourth-order valence-electron chi connectivity index (χ4n) is 10.6. The molecule has 9 aromatic carbocycles. The second-order valence-corrected chi connectivity index (χ2v) is 16.8. The Kier molecular flexibility index (Phi) is 7.52. The van der Waals surface area contributed by atoms with E-state index in [-0.39, 0.29) is 5.41 Å². The van der Waals surface area contributed by atoms with Crippen molar-refractivity contribution in [2.24, 2.45) is 0 Å². The molecule has 1 aromatic heterocycles. The first-order valence-electron chi connectivity index (χ1n) is 20.9. The average Bonchev–Trinajstić information content (AvgIpc) is 3.91. The van der Waals surface area contributed by atoms with Crippen LogP contribution in [0.15, 0.2) is 217 Å². The summed E-state index contributed by atoms with van der Waals surface area (Å²) in [7, 11) is 0. The lowest BCUT2D eigenvalue weighted by molar-refractivity contribution is 0.653. The van der Waals surface area contributed by atoms with Gasteiger partial charge in [0.15, 0.2) is 0 Å². The highest BCUT2D eigenvalue weighted by Gasteiger charge is 2.46. The Bertz CT molecular complexity index is 3230. The Morgan fingerprint density at radius 1 is 0.383 bits per heavy atom. The lowest BCUT2D eigenvalue weighted by Gasteiger charge is -2.35. The smallest absolute Gasteiger partial charge is 0.143 e. The molecule has 0 atom stereocenters. The number of benzene rings is 9. The summed E-state index contributed by atoms with van der Waals surface area (Å²) in [5.74, 6) is 0. The van der Waals surface area contributed by atoms with Crippen LogP contribution in [0.25, 0.3) is 55.3 Å². The molecular formula is C58H41NO. The van der Waals surface area contributed by atoms with E-state index in [1.54, 1.807) is 0 Å². The van der Waals surface area contributed by atoms with Crippen LogP contribution in [0, 0.1) is 0 Å². The number of anilines is 3. The van der Waals surface area contributed by atoms with Crippen LogP contribution in [0.5, 0.6) is 0 Å². The summed E-state index contributed by atoms with van der Waals surface area (Å²) in [6, 6.07) is 78.0. The maximum Gasteiger partial charge on any atom is 0.143 e. The molecule has 2 aliphatic rings. The highest BCUT2D eigenvalue weighted by Crippen LogP contribution is 2.58. The largest absolute Gasteiger partial charge is 0.455 e. The Morgan fingerprint density at radius 2 is 0.950 bits per heavy atom. The van der Waals surface area contributed by atoms with Gasteiger partial charge in [0.1, 0.15) is 11.2 Å². The third-order valence-corrected chi connectivity index (χ3v) is 13.4. The van der Waals surface area contributed by atoms with Gasteiger partial charge in [0.2, 0.25) is 0 Å². The van der Waals surface area contributed by atoms with Crippen LogP contribution >= 0.6 is 0 Å². The molecule has 0 N–H and O–H groups in total. The predicted octanol–water partition coefficient (Wildman–Crippen LogP) is 15.4. The van der Waals surface area contributed by atoms with Crippen LogP contribution in [0.4, 0.5) is 17.1 Å². The number of nitrogens with zero attached hydrogens (tertiary/aromatic N) is 1. The van der Waals surface area contributed by atoms with Gasteiger partial charge in [-0.1, -0.05) is 184 Å². The fourth-order valence-corrected chi connectivity index (χ4v) is 10.6. The van der Waals surface area contributed by atoms with Crippen molar-refractivity contribution in [3.05, 3.63) is 246 Å². The van der Waals surface area contributed by atoms with Gasteiger partial charge in [-0.05, 0) is 104 Å². The minimum atomic E-state index is -0.513. The second-order valence-electron chi connectivity index (χ2n) is 16.8. The molecule has 0 saturated heterocycles. The first-order valence-corrected chi connectivity index (χ1v) is 20.9. The van der Waals surface area contributed by atoms with E-state index in [0.29, 0.717) is 0 Å². The highest BCUT2D eigenvalue weighted by molar-refractivity contribution is 6.12. The maximum atomic E-state index is 6.74. The van der Waals surface area contributed by atoms with E-state index < -0.39 is 5.41 Å². The summed E-state index contributed by atoms with van der Waals surface area (Å²) in [4.78, 5) is 2.45. The quantitative estimate of drug-likeness (QED) is 0.168. The molecule has 60 heavy (non-hydrogen) atoms. The first kappa shape index (κ1) is 34.6. The van der Waals surface area contributed by atoms with Gasteiger partial charge in [0, 0.05) is 38.8 Å². The zero-order valence-electron chi connectivity index (χ0n) is 33.6. The molecule has 0 fully saturated rings. The molecule has 0 saturated carbocycles. The maximum absolute atomic E-state index is 6.74. The topological polar surface area (TPSA) is 16.4 Å². The molecule has 0 unspecified atom stereocenters. The van der Waals surface area contributed by atoms with E-state index >= 15 is 0 Å². The monoisotopic (exact) mass is 767 g/mol. The first-order chi connectivity index (χ1) is 29.5. The molecule has 0 bridgehead atoms. The molecule has 2 heteroatoms. The van der Waals surface area contributed by atoms with Crippen LogP contribution < -0.4 is 4.90 Å². The molecule has 0 aliphatic heterocycles. The van der Waals surface area contributed by atoms with Crippen LogP contribution in [-0.4, -0.2) is 0 Å². The number of fused-ring (bicyclic) bond motifs is 10. The normalized spacial score (nSPS) is 14.1. The molecule has 2 aliphatic carbocycles. The van der Waals surface area contributed by atoms with Crippen LogP contribution in [-0.2, 0) is 10.8 Å². The van der Waals surface area contributed by atoms with Crippen molar-refractivity contribution in [1.82, 2.24) is 0 Å². The molecule has 10 aromatic rings.